The van der Waals surface area contributed by atoms with Crippen LogP contribution in [0, 0.1) is 17.2 Å². The summed E-state index contributed by atoms with van der Waals surface area (Å²) < 4.78 is 5.41. The fraction of sp³-hybridized carbons (Fsp3) is 0.343. The number of nitrogens with one attached hydrogen (secondary N) is 2. The van der Waals surface area contributed by atoms with Crippen LogP contribution in [0.1, 0.15) is 49.4 Å². The second-order valence-electron chi connectivity index (χ2n) is 12.0. The summed E-state index contributed by atoms with van der Waals surface area (Å²) in [5, 5.41) is 15.7. The third-order valence-electron chi connectivity index (χ3n) is 8.57. The van der Waals surface area contributed by atoms with Gasteiger partial charge >= 0.3 is 6.09 Å². The number of para-hydroxylation sites is 1. The minimum Gasteiger partial charge on any atom is -0.445 e. The van der Waals surface area contributed by atoms with E-state index in [1.54, 1.807) is 30.3 Å². The van der Waals surface area contributed by atoms with Gasteiger partial charge in [0.25, 0.3) is 0 Å². The molecule has 4 atom stereocenters. The summed E-state index contributed by atoms with van der Waals surface area (Å²) >= 11 is 0. The molecular formula is C35H37N5O5. The average molecular weight is 608 g/mol. The zero-order valence-electron chi connectivity index (χ0n) is 25.6. The second kappa shape index (κ2) is 13.2. The molecule has 0 bridgehead atoms. The van der Waals surface area contributed by atoms with E-state index in [0.29, 0.717) is 17.7 Å². The number of hydrogen-bond donors (Lipinski definition) is 2. The lowest BCUT2D eigenvalue weighted by Gasteiger charge is -2.35. The Morgan fingerprint density at radius 1 is 1.04 bits per heavy atom. The molecule has 10 nitrogen and oxygen atoms in total. The molecule has 3 aromatic rings. The molecule has 0 saturated carbocycles. The molecule has 1 unspecified atom stereocenters. The van der Waals surface area contributed by atoms with Gasteiger partial charge in [0.2, 0.25) is 17.7 Å². The maximum absolute atomic E-state index is 14.3. The number of rotatable bonds is 9. The van der Waals surface area contributed by atoms with Crippen LogP contribution in [0.5, 0.6) is 0 Å². The van der Waals surface area contributed by atoms with Crippen LogP contribution < -0.4 is 10.6 Å². The van der Waals surface area contributed by atoms with Crippen LogP contribution in [0.4, 0.5) is 10.5 Å². The van der Waals surface area contributed by atoms with E-state index in [2.05, 4.69) is 16.7 Å². The van der Waals surface area contributed by atoms with E-state index in [1.165, 1.54) is 16.8 Å². The summed E-state index contributed by atoms with van der Waals surface area (Å²) in [4.78, 5) is 57.5. The number of fused-ring (bicyclic) bond motifs is 2. The van der Waals surface area contributed by atoms with Crippen molar-refractivity contribution in [3.8, 4) is 6.07 Å². The van der Waals surface area contributed by atoms with Gasteiger partial charge in [0.15, 0.2) is 0 Å². The van der Waals surface area contributed by atoms with Gasteiger partial charge < -0.3 is 25.2 Å². The van der Waals surface area contributed by atoms with Crippen molar-refractivity contribution < 1.29 is 23.9 Å². The number of alkyl carbamates (subject to hydrolysis) is 1. The Balaban J connectivity index is 1.39. The highest BCUT2D eigenvalue weighted by Crippen LogP contribution is 2.46. The molecule has 0 aliphatic carbocycles. The number of anilines is 1. The largest absolute Gasteiger partial charge is 0.445 e. The lowest BCUT2D eigenvalue weighted by Crippen LogP contribution is -2.54. The number of likely N-dealkylation sites (tertiary alicyclic amines) is 1. The normalized spacial score (nSPS) is 19.8. The van der Waals surface area contributed by atoms with Crippen LogP contribution in [-0.4, -0.2) is 59.3 Å². The van der Waals surface area contributed by atoms with Gasteiger partial charge in [0.1, 0.15) is 24.7 Å². The molecule has 1 saturated heterocycles. The molecule has 45 heavy (non-hydrogen) atoms. The lowest BCUT2D eigenvalue weighted by atomic mass is 9.80. The third kappa shape index (κ3) is 6.38. The van der Waals surface area contributed by atoms with Crippen molar-refractivity contribution in [3.05, 3.63) is 102 Å². The van der Waals surface area contributed by atoms with Crippen molar-refractivity contribution in [3.63, 3.8) is 0 Å². The molecule has 2 heterocycles. The van der Waals surface area contributed by atoms with Crippen molar-refractivity contribution in [2.75, 3.05) is 18.9 Å². The molecule has 5 rings (SSSR count). The monoisotopic (exact) mass is 607 g/mol. The SMILES string of the molecule is CC(C)C[C@@H](C(=O)N1C[C@]2(C[C@H]1C#N)C(=O)Nc1ccccc12)N(C)C(=O)C(NC(=O)OCc1ccccc1)c1ccccc1. The van der Waals surface area contributed by atoms with E-state index >= 15 is 0 Å². The van der Waals surface area contributed by atoms with Gasteiger partial charge in [-0.25, -0.2) is 4.79 Å². The molecule has 3 aromatic carbocycles. The van der Waals surface area contributed by atoms with Gasteiger partial charge in [-0.15, -0.1) is 0 Å². The molecule has 4 amide bonds. The highest BCUT2D eigenvalue weighted by atomic mass is 16.5. The molecular weight excluding hydrogens is 570 g/mol. The topological polar surface area (TPSA) is 132 Å². The van der Waals surface area contributed by atoms with E-state index in [1.807, 2.05) is 68.4 Å². The van der Waals surface area contributed by atoms with E-state index in [4.69, 9.17) is 4.74 Å². The number of nitrogens with zero attached hydrogens (tertiary/aromatic N) is 3. The predicted molar refractivity (Wildman–Crippen MR) is 167 cm³/mol. The zero-order valence-corrected chi connectivity index (χ0v) is 25.6. The first kappa shape index (κ1) is 31.3. The van der Waals surface area contributed by atoms with E-state index in [-0.39, 0.29) is 31.4 Å². The van der Waals surface area contributed by atoms with E-state index in [0.717, 1.165) is 11.1 Å². The summed E-state index contributed by atoms with van der Waals surface area (Å²) in [5.74, 6) is -1.16. The molecule has 2 N–H and O–H groups in total. The lowest BCUT2D eigenvalue weighted by molar-refractivity contribution is -0.146. The third-order valence-corrected chi connectivity index (χ3v) is 8.57. The number of nitriles is 1. The second-order valence-corrected chi connectivity index (χ2v) is 12.0. The van der Waals surface area contributed by atoms with Crippen LogP contribution in [0.25, 0.3) is 0 Å². The highest BCUT2D eigenvalue weighted by Gasteiger charge is 2.56. The number of carbonyl (C=O) groups is 4. The van der Waals surface area contributed by atoms with Gasteiger partial charge in [0, 0.05) is 25.7 Å². The first-order valence-electron chi connectivity index (χ1n) is 15.0. The first-order chi connectivity index (χ1) is 21.6. The fourth-order valence-corrected chi connectivity index (χ4v) is 6.22. The molecule has 2 aliphatic rings. The minimum atomic E-state index is -1.13. The number of ether oxygens (including phenoxy) is 1. The van der Waals surface area contributed by atoms with Crippen molar-refractivity contribution in [1.82, 2.24) is 15.1 Å². The van der Waals surface area contributed by atoms with E-state index in [9.17, 15) is 24.4 Å². The first-order valence-corrected chi connectivity index (χ1v) is 15.0. The highest BCUT2D eigenvalue weighted by molar-refractivity contribution is 6.07. The maximum Gasteiger partial charge on any atom is 0.408 e. The Kier molecular flexibility index (Phi) is 9.18. The zero-order chi connectivity index (χ0) is 32.1. The molecule has 232 valence electrons. The van der Waals surface area contributed by atoms with Crippen LogP contribution in [0.3, 0.4) is 0 Å². The van der Waals surface area contributed by atoms with Crippen LogP contribution in [0.15, 0.2) is 84.9 Å². The number of benzene rings is 3. The van der Waals surface area contributed by atoms with Crippen LogP contribution in [0.2, 0.25) is 0 Å². The number of amides is 4. The molecule has 10 heteroatoms. The van der Waals surface area contributed by atoms with Gasteiger partial charge in [-0.1, -0.05) is 92.7 Å². The maximum atomic E-state index is 14.3. The van der Waals surface area contributed by atoms with Gasteiger partial charge in [0.05, 0.1) is 11.5 Å². The molecule has 0 aromatic heterocycles. The number of likely N-dealkylation sites (N-methyl/N-ethyl adjacent to an activating group) is 1. The summed E-state index contributed by atoms with van der Waals surface area (Å²) in [5.41, 5.74) is 1.71. The average Bonchev–Trinajstić information content (AvgIpc) is 3.58. The standard InChI is InChI=1S/C35H37N5O5/c1-23(2)18-29(31(41)40-22-35(19-26(40)20-36)27-16-10-11-17-28(27)37-33(35)43)39(3)32(42)30(25-14-8-5-9-15-25)38-34(44)45-21-24-12-6-4-7-13-24/h4-17,23,26,29-30H,18-19,21-22H2,1-3H3,(H,37,43)(H,38,44)/t26-,29-,30?,35-/m0/s1. The minimum absolute atomic E-state index is 0.0146. The van der Waals surface area contributed by atoms with Gasteiger partial charge in [-0.2, -0.15) is 5.26 Å². The molecule has 0 radical (unpaired) electrons. The Hall–Kier alpha value is -5.17. The smallest absolute Gasteiger partial charge is 0.408 e. The number of hydrogen-bond acceptors (Lipinski definition) is 6. The summed E-state index contributed by atoms with van der Waals surface area (Å²) in [6.45, 7) is 3.94. The van der Waals surface area contributed by atoms with Crippen molar-refractivity contribution in [1.29, 1.82) is 5.26 Å². The predicted octanol–water partition coefficient (Wildman–Crippen LogP) is 4.54. The Bertz CT molecular complexity index is 1610. The molecule has 1 spiro atoms. The van der Waals surface area contributed by atoms with Crippen LogP contribution >= 0.6 is 0 Å². The molecule has 1 fully saturated rings. The number of carbonyl (C=O) groups excluding carboxylic acids is 4. The van der Waals surface area contributed by atoms with Crippen molar-refractivity contribution in [2.24, 2.45) is 5.92 Å². The Morgan fingerprint density at radius 2 is 1.69 bits per heavy atom. The quantitative estimate of drug-likeness (QED) is 0.367. The summed E-state index contributed by atoms with van der Waals surface area (Å²) in [6, 6.07) is 24.6. The fourth-order valence-electron chi connectivity index (χ4n) is 6.22. The van der Waals surface area contributed by atoms with Crippen molar-refractivity contribution >= 4 is 29.5 Å². The van der Waals surface area contributed by atoms with Gasteiger partial charge in [-0.05, 0) is 35.1 Å². The summed E-state index contributed by atoms with van der Waals surface area (Å²) in [7, 11) is 1.53. The van der Waals surface area contributed by atoms with Crippen LogP contribution in [-0.2, 0) is 31.1 Å². The van der Waals surface area contributed by atoms with Crippen molar-refractivity contribution in [2.45, 2.75) is 56.8 Å². The Morgan fingerprint density at radius 3 is 2.36 bits per heavy atom. The van der Waals surface area contributed by atoms with E-state index < -0.39 is 41.4 Å². The summed E-state index contributed by atoms with van der Waals surface area (Å²) in [6.07, 6.45) is -0.310. The Labute approximate surface area is 263 Å². The molecule has 2 aliphatic heterocycles. The van der Waals surface area contributed by atoms with Gasteiger partial charge in [-0.3, -0.25) is 14.4 Å².